The molecular formula is C14H31NO4Si. The molecule has 120 valence electrons. The fraction of sp³-hybridized carbons (Fsp3) is 0.929. The molecule has 0 atom stereocenters. The number of ether oxygens (including phenoxy) is 1. The standard InChI is InChI=1S/C14H31NO4Si/c1-6-7-12-19-14(16)9-11-15(2)10-8-13-20(5,17-3)18-4/h6-13H2,1-5H3. The van der Waals surface area contributed by atoms with Gasteiger partial charge in [0, 0.05) is 20.8 Å². The number of esters is 1. The van der Waals surface area contributed by atoms with Crippen LogP contribution in [0.3, 0.4) is 0 Å². The first-order valence-corrected chi connectivity index (χ1v) is 9.94. The SMILES string of the molecule is CCCCOC(=O)CCN(C)CCC[Si](C)(OC)OC. The van der Waals surface area contributed by atoms with E-state index in [1.165, 1.54) is 0 Å². The van der Waals surface area contributed by atoms with Crippen molar-refractivity contribution in [2.45, 2.75) is 45.2 Å². The first-order valence-electron chi connectivity index (χ1n) is 7.42. The van der Waals surface area contributed by atoms with Gasteiger partial charge >= 0.3 is 14.5 Å². The molecule has 0 radical (unpaired) electrons. The van der Waals surface area contributed by atoms with Gasteiger partial charge in [0.15, 0.2) is 0 Å². The van der Waals surface area contributed by atoms with E-state index < -0.39 is 8.56 Å². The fourth-order valence-corrected chi connectivity index (χ4v) is 3.13. The van der Waals surface area contributed by atoms with Crippen LogP contribution in [0.4, 0.5) is 0 Å². The molecule has 0 aromatic heterocycles. The molecule has 0 spiro atoms. The second-order valence-electron chi connectivity index (χ2n) is 5.27. The van der Waals surface area contributed by atoms with Gasteiger partial charge in [-0.05, 0) is 39.0 Å². The van der Waals surface area contributed by atoms with Gasteiger partial charge in [0.25, 0.3) is 0 Å². The molecule has 0 N–H and O–H groups in total. The Bertz CT molecular complexity index is 260. The lowest BCUT2D eigenvalue weighted by Gasteiger charge is -2.24. The highest BCUT2D eigenvalue weighted by atomic mass is 28.4. The minimum atomic E-state index is -1.95. The lowest BCUT2D eigenvalue weighted by Crippen LogP contribution is -2.37. The third kappa shape index (κ3) is 9.47. The van der Waals surface area contributed by atoms with Gasteiger partial charge < -0.3 is 18.5 Å². The van der Waals surface area contributed by atoms with Crippen molar-refractivity contribution in [2.24, 2.45) is 0 Å². The third-order valence-corrected chi connectivity index (χ3v) is 6.48. The van der Waals surface area contributed by atoms with Crippen LogP contribution in [0.25, 0.3) is 0 Å². The fourth-order valence-electron chi connectivity index (χ4n) is 1.75. The van der Waals surface area contributed by atoms with E-state index in [-0.39, 0.29) is 5.97 Å². The Hall–Kier alpha value is -0.433. The van der Waals surface area contributed by atoms with Crippen LogP contribution in [0.15, 0.2) is 0 Å². The topological polar surface area (TPSA) is 48.0 Å². The van der Waals surface area contributed by atoms with Crippen LogP contribution < -0.4 is 0 Å². The van der Waals surface area contributed by atoms with Crippen molar-refractivity contribution in [2.75, 3.05) is 41.0 Å². The van der Waals surface area contributed by atoms with E-state index in [1.807, 2.05) is 7.05 Å². The number of rotatable bonds is 12. The summed E-state index contributed by atoms with van der Waals surface area (Å²) in [5.74, 6) is -0.0988. The predicted octanol–water partition coefficient (Wildman–Crippen LogP) is 2.41. The van der Waals surface area contributed by atoms with Crippen LogP contribution in [0, 0.1) is 0 Å². The maximum atomic E-state index is 11.5. The van der Waals surface area contributed by atoms with Gasteiger partial charge in [-0.15, -0.1) is 0 Å². The van der Waals surface area contributed by atoms with E-state index in [0.717, 1.165) is 38.4 Å². The highest BCUT2D eigenvalue weighted by Gasteiger charge is 2.27. The molecule has 6 heteroatoms. The van der Waals surface area contributed by atoms with Gasteiger partial charge in [-0.2, -0.15) is 0 Å². The summed E-state index contributed by atoms with van der Waals surface area (Å²) in [7, 11) is 3.50. The highest BCUT2D eigenvalue weighted by molar-refractivity contribution is 6.65. The summed E-state index contributed by atoms with van der Waals surface area (Å²) in [6.45, 7) is 6.38. The Morgan fingerprint density at radius 1 is 1.15 bits per heavy atom. The van der Waals surface area contributed by atoms with Crippen molar-refractivity contribution >= 4 is 14.5 Å². The number of carbonyl (C=O) groups excluding carboxylic acids is 1. The maximum absolute atomic E-state index is 11.5. The quantitative estimate of drug-likeness (QED) is 0.315. The van der Waals surface area contributed by atoms with E-state index in [2.05, 4.69) is 18.4 Å². The van der Waals surface area contributed by atoms with Crippen LogP contribution in [-0.2, 0) is 18.4 Å². The lowest BCUT2D eigenvalue weighted by molar-refractivity contribution is -0.144. The third-order valence-electron chi connectivity index (χ3n) is 3.49. The molecule has 0 aliphatic heterocycles. The second kappa shape index (κ2) is 11.3. The summed E-state index contributed by atoms with van der Waals surface area (Å²) >= 11 is 0. The first kappa shape index (κ1) is 19.6. The van der Waals surface area contributed by atoms with Crippen LogP contribution in [0.1, 0.15) is 32.6 Å². The molecule has 0 rings (SSSR count). The van der Waals surface area contributed by atoms with Crippen molar-refractivity contribution in [3.63, 3.8) is 0 Å². The van der Waals surface area contributed by atoms with Crippen molar-refractivity contribution < 1.29 is 18.4 Å². The van der Waals surface area contributed by atoms with E-state index in [0.29, 0.717) is 13.0 Å². The zero-order valence-electron chi connectivity index (χ0n) is 13.7. The molecule has 0 fully saturated rings. The van der Waals surface area contributed by atoms with E-state index in [1.54, 1.807) is 14.2 Å². The number of hydrogen-bond donors (Lipinski definition) is 0. The van der Waals surface area contributed by atoms with E-state index in [9.17, 15) is 4.79 Å². The average Bonchev–Trinajstić information content (AvgIpc) is 2.45. The Morgan fingerprint density at radius 3 is 2.35 bits per heavy atom. The molecule has 20 heavy (non-hydrogen) atoms. The van der Waals surface area contributed by atoms with Crippen molar-refractivity contribution in [3.05, 3.63) is 0 Å². The molecule has 0 saturated heterocycles. The van der Waals surface area contributed by atoms with Crippen molar-refractivity contribution in [3.8, 4) is 0 Å². The molecule has 0 unspecified atom stereocenters. The Kier molecular flexibility index (Phi) is 11.0. The van der Waals surface area contributed by atoms with Gasteiger partial charge in [0.1, 0.15) is 0 Å². The molecular weight excluding hydrogens is 274 g/mol. The minimum absolute atomic E-state index is 0.0988. The first-order chi connectivity index (χ1) is 9.47. The molecule has 0 aromatic carbocycles. The van der Waals surface area contributed by atoms with Gasteiger partial charge in [-0.25, -0.2) is 0 Å². The van der Waals surface area contributed by atoms with Gasteiger partial charge in [-0.1, -0.05) is 13.3 Å². The minimum Gasteiger partial charge on any atom is -0.466 e. The maximum Gasteiger partial charge on any atom is 0.334 e. The van der Waals surface area contributed by atoms with Crippen LogP contribution in [-0.4, -0.2) is 60.4 Å². The summed E-state index contributed by atoms with van der Waals surface area (Å²) < 4.78 is 16.0. The summed E-state index contributed by atoms with van der Waals surface area (Å²) in [6.07, 6.45) is 3.48. The largest absolute Gasteiger partial charge is 0.466 e. The number of hydrogen-bond acceptors (Lipinski definition) is 5. The number of unbranched alkanes of at least 4 members (excludes halogenated alkanes) is 1. The Morgan fingerprint density at radius 2 is 1.80 bits per heavy atom. The molecule has 0 aliphatic carbocycles. The predicted molar refractivity (Wildman–Crippen MR) is 83.0 cm³/mol. The van der Waals surface area contributed by atoms with Gasteiger partial charge in [0.05, 0.1) is 13.0 Å². The molecule has 0 heterocycles. The molecule has 0 aromatic rings. The van der Waals surface area contributed by atoms with Crippen LogP contribution in [0.5, 0.6) is 0 Å². The molecule has 5 nitrogen and oxygen atoms in total. The average molecular weight is 305 g/mol. The van der Waals surface area contributed by atoms with Crippen LogP contribution >= 0.6 is 0 Å². The summed E-state index contributed by atoms with van der Waals surface area (Å²) in [6, 6.07) is 0.964. The van der Waals surface area contributed by atoms with Gasteiger partial charge in [-0.3, -0.25) is 4.79 Å². The monoisotopic (exact) mass is 305 g/mol. The van der Waals surface area contributed by atoms with Crippen molar-refractivity contribution in [1.82, 2.24) is 4.90 Å². The zero-order chi connectivity index (χ0) is 15.4. The van der Waals surface area contributed by atoms with Crippen molar-refractivity contribution in [1.29, 1.82) is 0 Å². The Labute approximate surface area is 124 Å². The summed E-state index contributed by atoms with van der Waals surface area (Å²) in [4.78, 5) is 13.6. The van der Waals surface area contributed by atoms with E-state index >= 15 is 0 Å². The molecule has 0 saturated carbocycles. The number of carbonyl (C=O) groups is 1. The van der Waals surface area contributed by atoms with Crippen LogP contribution in [0.2, 0.25) is 12.6 Å². The highest BCUT2D eigenvalue weighted by Crippen LogP contribution is 2.13. The van der Waals surface area contributed by atoms with Gasteiger partial charge in [0.2, 0.25) is 0 Å². The molecule has 0 bridgehead atoms. The molecule has 0 aliphatic rings. The summed E-state index contributed by atoms with van der Waals surface area (Å²) in [5, 5.41) is 0. The number of nitrogens with zero attached hydrogens (tertiary/aromatic N) is 1. The lowest BCUT2D eigenvalue weighted by atomic mass is 10.3. The normalized spacial score (nSPS) is 11.9. The second-order valence-corrected chi connectivity index (χ2v) is 8.86. The summed E-state index contributed by atoms with van der Waals surface area (Å²) in [5.41, 5.74) is 0. The van der Waals surface area contributed by atoms with E-state index in [4.69, 9.17) is 13.6 Å². The zero-order valence-corrected chi connectivity index (χ0v) is 14.7. The molecule has 0 amide bonds. The smallest absolute Gasteiger partial charge is 0.334 e. The Balaban J connectivity index is 3.68.